The molecule has 1 atom stereocenters. The highest BCUT2D eigenvalue weighted by Gasteiger charge is 2.33. The van der Waals surface area contributed by atoms with Crippen molar-refractivity contribution >= 4 is 23.4 Å². The van der Waals surface area contributed by atoms with Crippen LogP contribution in [0.3, 0.4) is 0 Å². The van der Waals surface area contributed by atoms with Crippen molar-refractivity contribution in [1.82, 2.24) is 4.57 Å². The first-order chi connectivity index (χ1) is 19.4. The number of halogens is 1. The van der Waals surface area contributed by atoms with E-state index in [-0.39, 0.29) is 17.7 Å². The highest BCUT2D eigenvalue weighted by atomic mass is 32.1. The minimum absolute atomic E-state index is 0.166. The van der Waals surface area contributed by atoms with Gasteiger partial charge in [0.1, 0.15) is 18.2 Å². The van der Waals surface area contributed by atoms with Gasteiger partial charge in [0.15, 0.2) is 4.80 Å². The van der Waals surface area contributed by atoms with Gasteiger partial charge in [-0.2, -0.15) is 5.26 Å². The first kappa shape index (κ1) is 26.8. The van der Waals surface area contributed by atoms with Crippen LogP contribution in [0.2, 0.25) is 0 Å². The monoisotopic (exact) mass is 553 g/mol. The highest BCUT2D eigenvalue weighted by molar-refractivity contribution is 7.07. The number of allylic oxidation sites excluding steroid dienone is 1. The van der Waals surface area contributed by atoms with Crippen molar-refractivity contribution in [2.45, 2.75) is 26.5 Å². The summed E-state index contributed by atoms with van der Waals surface area (Å²) in [5, 5.41) is 8.97. The molecule has 5 rings (SSSR count). The molecule has 0 amide bonds. The molecule has 0 fully saturated rings. The Morgan fingerprint density at radius 3 is 2.60 bits per heavy atom. The van der Waals surface area contributed by atoms with Gasteiger partial charge in [-0.25, -0.2) is 14.2 Å². The molecule has 0 unspecified atom stereocenters. The second kappa shape index (κ2) is 11.5. The summed E-state index contributed by atoms with van der Waals surface area (Å²) in [6, 6.07) is 21.5. The SMILES string of the molecule is CCOC(=O)C1=C(C)N=c2s/c(=C\c3cccc(OCc4ccc(C#N)cc4)c3)c(=O)n2[C@@H]1c1ccc(F)cc1. The molecule has 2 heterocycles. The van der Waals surface area contributed by atoms with Crippen molar-refractivity contribution in [2.75, 3.05) is 6.61 Å². The Balaban J connectivity index is 1.51. The van der Waals surface area contributed by atoms with Gasteiger partial charge in [-0.15, -0.1) is 0 Å². The summed E-state index contributed by atoms with van der Waals surface area (Å²) in [6.07, 6.45) is 1.75. The molecule has 7 nitrogen and oxygen atoms in total. The first-order valence-corrected chi connectivity index (χ1v) is 13.4. The van der Waals surface area contributed by atoms with E-state index >= 15 is 0 Å². The van der Waals surface area contributed by atoms with Crippen molar-refractivity contribution < 1.29 is 18.7 Å². The standard InChI is InChI=1S/C31H24FN3O4S/c1-3-38-30(37)27-19(2)34-31-35(28(27)23-11-13-24(32)14-12-23)29(36)26(40-31)16-22-5-4-6-25(15-22)39-18-21-9-7-20(17-33)8-10-21/h4-16,28H,3,18H2,1-2H3/b26-16-/t28-/m1/s1. The number of benzene rings is 3. The highest BCUT2D eigenvalue weighted by Crippen LogP contribution is 2.30. The van der Waals surface area contributed by atoms with E-state index in [1.165, 1.54) is 28.0 Å². The van der Waals surface area contributed by atoms with Gasteiger partial charge < -0.3 is 9.47 Å². The fourth-order valence-corrected chi connectivity index (χ4v) is 5.49. The van der Waals surface area contributed by atoms with Crippen LogP contribution in [-0.2, 0) is 16.1 Å². The fraction of sp³-hybridized carbons (Fsp3) is 0.161. The Hall–Kier alpha value is -4.81. The largest absolute Gasteiger partial charge is 0.489 e. The molecule has 0 radical (unpaired) electrons. The molecule has 3 aromatic carbocycles. The Bertz CT molecular complexity index is 1830. The van der Waals surface area contributed by atoms with E-state index in [9.17, 15) is 14.0 Å². The molecule has 0 N–H and O–H groups in total. The third-order valence-electron chi connectivity index (χ3n) is 6.35. The number of nitriles is 1. The molecule has 40 heavy (non-hydrogen) atoms. The molecular weight excluding hydrogens is 529 g/mol. The smallest absolute Gasteiger partial charge is 0.338 e. The summed E-state index contributed by atoms with van der Waals surface area (Å²) >= 11 is 1.21. The molecule has 0 saturated carbocycles. The van der Waals surface area contributed by atoms with Gasteiger partial charge in [0, 0.05) is 0 Å². The maximum absolute atomic E-state index is 13.7. The second-order valence-electron chi connectivity index (χ2n) is 9.02. The third kappa shape index (κ3) is 5.48. The molecule has 9 heteroatoms. The lowest BCUT2D eigenvalue weighted by Crippen LogP contribution is -2.39. The minimum atomic E-state index is -0.805. The molecule has 1 aliphatic heterocycles. The minimum Gasteiger partial charge on any atom is -0.489 e. The van der Waals surface area contributed by atoms with Crippen LogP contribution in [0.1, 0.15) is 42.1 Å². The summed E-state index contributed by atoms with van der Waals surface area (Å²) in [7, 11) is 0. The van der Waals surface area contributed by atoms with Crippen LogP contribution >= 0.6 is 11.3 Å². The Morgan fingerprint density at radius 2 is 1.90 bits per heavy atom. The number of carbonyl (C=O) groups is 1. The number of hydrogen-bond acceptors (Lipinski definition) is 7. The maximum Gasteiger partial charge on any atom is 0.338 e. The summed E-state index contributed by atoms with van der Waals surface area (Å²) < 4.78 is 26.8. The second-order valence-corrected chi connectivity index (χ2v) is 10.0. The zero-order valence-corrected chi connectivity index (χ0v) is 22.6. The number of aromatic nitrogens is 1. The predicted octanol–water partition coefficient (Wildman–Crippen LogP) is 4.39. The summed E-state index contributed by atoms with van der Waals surface area (Å²) in [6.45, 7) is 3.90. The number of thiazole rings is 1. The fourth-order valence-electron chi connectivity index (χ4n) is 4.44. The van der Waals surface area contributed by atoms with E-state index < -0.39 is 17.8 Å². The van der Waals surface area contributed by atoms with E-state index in [4.69, 9.17) is 14.7 Å². The van der Waals surface area contributed by atoms with Crippen LogP contribution < -0.4 is 19.6 Å². The lowest BCUT2D eigenvalue weighted by Gasteiger charge is -2.24. The molecule has 0 bridgehead atoms. The number of esters is 1. The maximum atomic E-state index is 13.7. The molecule has 4 aromatic rings. The molecule has 200 valence electrons. The van der Waals surface area contributed by atoms with E-state index in [0.717, 1.165) is 11.1 Å². The van der Waals surface area contributed by atoms with E-state index in [2.05, 4.69) is 11.1 Å². The van der Waals surface area contributed by atoms with Gasteiger partial charge >= 0.3 is 5.97 Å². The van der Waals surface area contributed by atoms with Crippen LogP contribution in [0.5, 0.6) is 5.75 Å². The van der Waals surface area contributed by atoms with Crippen LogP contribution in [0.25, 0.3) is 6.08 Å². The number of nitrogens with zero attached hydrogens (tertiary/aromatic N) is 3. The summed E-state index contributed by atoms with van der Waals surface area (Å²) in [5.74, 6) is -0.370. The van der Waals surface area contributed by atoms with Crippen molar-refractivity contribution in [3.05, 3.63) is 132 Å². The molecule has 0 aliphatic carbocycles. The lowest BCUT2D eigenvalue weighted by atomic mass is 9.96. The summed E-state index contributed by atoms with van der Waals surface area (Å²) in [5.41, 5.74) is 3.19. The number of carbonyl (C=O) groups excluding carboxylic acids is 1. The zero-order valence-electron chi connectivity index (χ0n) is 21.8. The Labute approximate surface area is 233 Å². The van der Waals surface area contributed by atoms with Crippen LogP contribution in [0.4, 0.5) is 4.39 Å². The molecule has 1 aromatic heterocycles. The van der Waals surface area contributed by atoms with Gasteiger partial charge in [-0.05, 0) is 73.0 Å². The van der Waals surface area contributed by atoms with Gasteiger partial charge in [0.05, 0.1) is 40.1 Å². The lowest BCUT2D eigenvalue weighted by molar-refractivity contribution is -0.139. The number of hydrogen-bond donors (Lipinski definition) is 0. The molecular formula is C31H24FN3O4S. The quantitative estimate of drug-likeness (QED) is 0.317. The summed E-state index contributed by atoms with van der Waals surface area (Å²) in [4.78, 5) is 31.7. The van der Waals surface area contributed by atoms with Crippen molar-refractivity contribution in [3.8, 4) is 11.8 Å². The molecule has 0 saturated heterocycles. The number of ether oxygens (including phenoxy) is 2. The Kier molecular flexibility index (Phi) is 7.71. The van der Waals surface area contributed by atoms with Gasteiger partial charge in [0.25, 0.3) is 5.56 Å². The first-order valence-electron chi connectivity index (χ1n) is 12.5. The molecule has 0 spiro atoms. The van der Waals surface area contributed by atoms with Crippen LogP contribution in [0, 0.1) is 17.1 Å². The van der Waals surface area contributed by atoms with Gasteiger partial charge in [0.2, 0.25) is 0 Å². The van der Waals surface area contributed by atoms with Gasteiger partial charge in [-0.1, -0.05) is 47.7 Å². The van der Waals surface area contributed by atoms with E-state index in [1.807, 2.05) is 36.4 Å². The Morgan fingerprint density at radius 1 is 1.15 bits per heavy atom. The van der Waals surface area contributed by atoms with Crippen molar-refractivity contribution in [3.63, 3.8) is 0 Å². The average Bonchev–Trinajstić information content (AvgIpc) is 3.26. The van der Waals surface area contributed by atoms with E-state index in [1.54, 1.807) is 44.2 Å². The third-order valence-corrected chi connectivity index (χ3v) is 7.33. The van der Waals surface area contributed by atoms with Crippen molar-refractivity contribution in [2.24, 2.45) is 4.99 Å². The van der Waals surface area contributed by atoms with E-state index in [0.29, 0.717) is 38.5 Å². The van der Waals surface area contributed by atoms with Crippen LogP contribution in [-0.4, -0.2) is 17.1 Å². The average molecular weight is 554 g/mol. The normalized spacial score (nSPS) is 14.8. The topological polar surface area (TPSA) is 93.7 Å². The molecule has 1 aliphatic rings. The zero-order chi connectivity index (χ0) is 28.2. The predicted molar refractivity (Wildman–Crippen MR) is 149 cm³/mol. The van der Waals surface area contributed by atoms with Gasteiger partial charge in [-0.3, -0.25) is 9.36 Å². The number of rotatable bonds is 7. The van der Waals surface area contributed by atoms with Crippen LogP contribution in [0.15, 0.2) is 93.9 Å². The number of fused-ring (bicyclic) bond motifs is 1. The van der Waals surface area contributed by atoms with Crippen molar-refractivity contribution in [1.29, 1.82) is 5.26 Å².